The van der Waals surface area contributed by atoms with E-state index in [1.807, 2.05) is 46.0 Å². The quantitative estimate of drug-likeness (QED) is 0.663. The number of aromatic nitrogens is 2. The first-order chi connectivity index (χ1) is 15.6. The maximum absolute atomic E-state index is 13.2. The number of hydrogen-bond donors (Lipinski definition) is 1. The Labute approximate surface area is 188 Å². The Morgan fingerprint density at radius 3 is 2.56 bits per heavy atom. The number of likely N-dealkylation sites (tertiary alicyclic amines) is 1. The zero-order chi connectivity index (χ0) is 22.1. The standard InChI is InChI=1S/C26H28N4O2/c1-18-9-3-4-13-22(18)30-23-14-8-12-21(23)24(28-30)25(31)27-20-11-7-10-19(17-20)26(32)29-15-5-2-6-16-29/h3-4,7,9-11,13,17H,2,5-6,8,12,14-16H2,1H3,(H,27,31). The van der Waals surface area contributed by atoms with Crippen molar-refractivity contribution in [2.24, 2.45) is 0 Å². The lowest BCUT2D eigenvalue weighted by molar-refractivity contribution is 0.0724. The molecule has 0 unspecified atom stereocenters. The van der Waals surface area contributed by atoms with Crippen molar-refractivity contribution in [2.45, 2.75) is 45.4 Å². The molecule has 6 heteroatoms. The molecule has 1 aliphatic carbocycles. The van der Waals surface area contributed by atoms with Gasteiger partial charge in [0.15, 0.2) is 5.69 Å². The van der Waals surface area contributed by atoms with Crippen LogP contribution in [0, 0.1) is 6.92 Å². The van der Waals surface area contributed by atoms with E-state index in [2.05, 4.69) is 18.3 Å². The van der Waals surface area contributed by atoms with Crippen molar-refractivity contribution < 1.29 is 9.59 Å². The fourth-order valence-corrected chi connectivity index (χ4v) is 4.82. The third-order valence-corrected chi connectivity index (χ3v) is 6.50. The lowest BCUT2D eigenvalue weighted by Gasteiger charge is -2.26. The highest BCUT2D eigenvalue weighted by molar-refractivity contribution is 6.05. The van der Waals surface area contributed by atoms with Gasteiger partial charge in [-0.1, -0.05) is 24.3 Å². The summed E-state index contributed by atoms with van der Waals surface area (Å²) in [6, 6.07) is 15.3. The first-order valence-electron chi connectivity index (χ1n) is 11.5. The summed E-state index contributed by atoms with van der Waals surface area (Å²) in [6.07, 6.45) is 6.09. The number of carbonyl (C=O) groups excluding carboxylic acids is 2. The van der Waals surface area contributed by atoms with Crippen molar-refractivity contribution in [2.75, 3.05) is 18.4 Å². The van der Waals surface area contributed by atoms with Crippen LogP contribution in [0.25, 0.3) is 5.69 Å². The SMILES string of the molecule is Cc1ccccc1-n1nc(C(=O)Nc2cccc(C(=O)N3CCCCC3)c2)c2c1CCC2. The van der Waals surface area contributed by atoms with Gasteiger partial charge in [-0.2, -0.15) is 5.10 Å². The van der Waals surface area contributed by atoms with Gasteiger partial charge in [-0.15, -0.1) is 0 Å². The van der Waals surface area contributed by atoms with Gasteiger partial charge in [-0.05, 0) is 75.3 Å². The van der Waals surface area contributed by atoms with E-state index >= 15 is 0 Å². The second-order valence-electron chi connectivity index (χ2n) is 8.71. The molecule has 3 aromatic rings. The number of amides is 2. The van der Waals surface area contributed by atoms with Crippen LogP contribution in [0.2, 0.25) is 0 Å². The smallest absolute Gasteiger partial charge is 0.276 e. The minimum Gasteiger partial charge on any atom is -0.339 e. The van der Waals surface area contributed by atoms with E-state index in [1.165, 1.54) is 6.42 Å². The molecule has 2 aromatic carbocycles. The van der Waals surface area contributed by atoms with Crippen molar-refractivity contribution in [1.29, 1.82) is 0 Å². The van der Waals surface area contributed by atoms with Gasteiger partial charge >= 0.3 is 0 Å². The van der Waals surface area contributed by atoms with Crippen molar-refractivity contribution in [3.05, 3.63) is 76.6 Å². The number of carbonyl (C=O) groups is 2. The fraction of sp³-hybridized carbons (Fsp3) is 0.346. The van der Waals surface area contributed by atoms with Crippen LogP contribution in [0.5, 0.6) is 0 Å². The number of nitrogens with zero attached hydrogens (tertiary/aromatic N) is 3. The predicted octanol–water partition coefficient (Wildman–Crippen LogP) is 4.55. The Kier molecular flexibility index (Phi) is 5.52. The van der Waals surface area contributed by atoms with Crippen molar-refractivity contribution in [3.8, 4) is 5.69 Å². The van der Waals surface area contributed by atoms with E-state index in [9.17, 15) is 9.59 Å². The molecule has 32 heavy (non-hydrogen) atoms. The van der Waals surface area contributed by atoms with Crippen LogP contribution in [0.15, 0.2) is 48.5 Å². The summed E-state index contributed by atoms with van der Waals surface area (Å²) in [4.78, 5) is 28.0. The molecular formula is C26H28N4O2. The largest absolute Gasteiger partial charge is 0.339 e. The predicted molar refractivity (Wildman–Crippen MR) is 124 cm³/mol. The third kappa shape index (κ3) is 3.81. The van der Waals surface area contributed by atoms with E-state index in [0.29, 0.717) is 16.9 Å². The maximum atomic E-state index is 13.2. The topological polar surface area (TPSA) is 67.2 Å². The van der Waals surface area contributed by atoms with Gasteiger partial charge in [-0.3, -0.25) is 9.59 Å². The minimum absolute atomic E-state index is 0.0329. The number of para-hydroxylation sites is 1. The Hall–Kier alpha value is -3.41. The summed E-state index contributed by atoms with van der Waals surface area (Å²) < 4.78 is 1.93. The van der Waals surface area contributed by atoms with E-state index in [1.54, 1.807) is 6.07 Å². The van der Waals surface area contributed by atoms with Crippen molar-refractivity contribution in [1.82, 2.24) is 14.7 Å². The number of piperidine rings is 1. The Balaban J connectivity index is 1.40. The molecule has 6 nitrogen and oxygen atoms in total. The second-order valence-corrected chi connectivity index (χ2v) is 8.71. The number of fused-ring (bicyclic) bond motifs is 1. The first kappa shape index (κ1) is 20.5. The van der Waals surface area contributed by atoms with Crippen LogP contribution in [0.3, 0.4) is 0 Å². The van der Waals surface area contributed by atoms with Crippen molar-refractivity contribution in [3.63, 3.8) is 0 Å². The summed E-state index contributed by atoms with van der Waals surface area (Å²) in [5.41, 5.74) is 6.01. The number of aryl methyl sites for hydroxylation is 1. The summed E-state index contributed by atoms with van der Waals surface area (Å²) in [7, 11) is 0. The zero-order valence-corrected chi connectivity index (χ0v) is 18.4. The molecule has 2 heterocycles. The number of nitrogens with one attached hydrogen (secondary N) is 1. The van der Waals surface area contributed by atoms with Crippen LogP contribution in [0.4, 0.5) is 5.69 Å². The summed E-state index contributed by atoms with van der Waals surface area (Å²) >= 11 is 0. The van der Waals surface area contributed by atoms with Gasteiger partial charge in [-0.25, -0.2) is 4.68 Å². The Bertz CT molecular complexity index is 1170. The molecule has 0 bridgehead atoms. The number of anilines is 1. The van der Waals surface area contributed by atoms with Crippen LogP contribution >= 0.6 is 0 Å². The Morgan fingerprint density at radius 1 is 0.938 bits per heavy atom. The molecule has 1 aliphatic heterocycles. The maximum Gasteiger partial charge on any atom is 0.276 e. The van der Waals surface area contributed by atoms with Gasteiger partial charge < -0.3 is 10.2 Å². The Morgan fingerprint density at radius 2 is 1.75 bits per heavy atom. The number of hydrogen-bond acceptors (Lipinski definition) is 3. The van der Waals surface area contributed by atoms with Crippen LogP contribution in [-0.4, -0.2) is 39.6 Å². The molecule has 0 spiro atoms. The van der Waals surface area contributed by atoms with Gasteiger partial charge in [0.1, 0.15) is 0 Å². The monoisotopic (exact) mass is 428 g/mol. The van der Waals surface area contributed by atoms with Gasteiger partial charge in [0, 0.05) is 35.6 Å². The first-order valence-corrected chi connectivity index (χ1v) is 11.5. The van der Waals surface area contributed by atoms with E-state index in [0.717, 1.165) is 67.7 Å². The minimum atomic E-state index is -0.224. The summed E-state index contributed by atoms with van der Waals surface area (Å²) in [5, 5.41) is 7.70. The van der Waals surface area contributed by atoms with E-state index in [-0.39, 0.29) is 11.8 Å². The van der Waals surface area contributed by atoms with E-state index < -0.39 is 0 Å². The molecule has 5 rings (SSSR count). The molecule has 0 radical (unpaired) electrons. The average Bonchev–Trinajstić information content (AvgIpc) is 3.43. The summed E-state index contributed by atoms with van der Waals surface area (Å²) in [6.45, 7) is 3.67. The zero-order valence-electron chi connectivity index (χ0n) is 18.4. The summed E-state index contributed by atoms with van der Waals surface area (Å²) in [5.74, 6) is -0.191. The number of benzene rings is 2. The van der Waals surface area contributed by atoms with Gasteiger partial charge in [0.25, 0.3) is 11.8 Å². The lowest BCUT2D eigenvalue weighted by atomic mass is 10.1. The van der Waals surface area contributed by atoms with E-state index in [4.69, 9.17) is 5.10 Å². The molecule has 1 aromatic heterocycles. The molecule has 0 atom stereocenters. The van der Waals surface area contributed by atoms with Crippen LogP contribution < -0.4 is 5.32 Å². The van der Waals surface area contributed by atoms with Crippen LogP contribution in [0.1, 0.15) is 63.4 Å². The van der Waals surface area contributed by atoms with Gasteiger partial charge in [0.05, 0.1) is 5.69 Å². The fourth-order valence-electron chi connectivity index (χ4n) is 4.82. The highest BCUT2D eigenvalue weighted by Crippen LogP contribution is 2.29. The molecule has 2 amide bonds. The molecule has 1 fully saturated rings. The normalized spacial score (nSPS) is 15.5. The van der Waals surface area contributed by atoms with Crippen molar-refractivity contribution >= 4 is 17.5 Å². The third-order valence-electron chi connectivity index (χ3n) is 6.50. The molecule has 164 valence electrons. The van der Waals surface area contributed by atoms with Gasteiger partial charge in [0.2, 0.25) is 0 Å². The molecule has 1 N–H and O–H groups in total. The highest BCUT2D eigenvalue weighted by Gasteiger charge is 2.27. The van der Waals surface area contributed by atoms with Crippen LogP contribution in [-0.2, 0) is 12.8 Å². The second kappa shape index (κ2) is 8.61. The molecular weight excluding hydrogens is 400 g/mol. The molecule has 2 aliphatic rings. The average molecular weight is 429 g/mol. The highest BCUT2D eigenvalue weighted by atomic mass is 16.2. The molecule has 1 saturated heterocycles. The number of rotatable bonds is 4. The lowest BCUT2D eigenvalue weighted by Crippen LogP contribution is -2.35. The molecule has 0 saturated carbocycles.